The van der Waals surface area contributed by atoms with Gasteiger partial charge in [0.25, 0.3) is 17.0 Å². The van der Waals surface area contributed by atoms with Crippen LogP contribution in [0.2, 0.25) is 5.02 Å². The number of anilines is 1. The normalized spacial score (nSPS) is 10.6. The van der Waals surface area contributed by atoms with Crippen molar-refractivity contribution in [2.45, 2.75) is 13.1 Å². The number of carbonyl (C=O) groups is 1. The fourth-order valence-electron chi connectivity index (χ4n) is 3.23. The number of ether oxygens (including phenoxy) is 1. The van der Waals surface area contributed by atoms with Crippen molar-refractivity contribution in [3.05, 3.63) is 122 Å². The number of carbonyl (C=O) groups excluding carboxylic acids is 1. The molecule has 0 spiro atoms. The van der Waals surface area contributed by atoms with E-state index in [9.17, 15) is 14.4 Å². The van der Waals surface area contributed by atoms with Crippen LogP contribution in [0.4, 0.5) is 5.69 Å². The highest BCUT2D eigenvalue weighted by Crippen LogP contribution is 2.16. The molecule has 2 aromatic heterocycles. The van der Waals surface area contributed by atoms with Gasteiger partial charge in [0.05, 0.1) is 18.8 Å². The second-order valence-corrected chi connectivity index (χ2v) is 7.78. The van der Waals surface area contributed by atoms with Gasteiger partial charge in [0.15, 0.2) is 0 Å². The minimum atomic E-state index is -0.513. The smallest absolute Gasteiger partial charge is 0.276 e. The molecule has 1 N–H and O–H groups in total. The predicted molar refractivity (Wildman–Crippen MR) is 130 cm³/mol. The molecular weight excluding hydrogens is 456 g/mol. The van der Waals surface area contributed by atoms with Crippen molar-refractivity contribution in [2.75, 3.05) is 11.9 Å². The summed E-state index contributed by atoms with van der Waals surface area (Å²) < 4.78 is 8.23. The van der Waals surface area contributed by atoms with Gasteiger partial charge in [0.1, 0.15) is 18.1 Å². The summed E-state index contributed by atoms with van der Waals surface area (Å²) in [5, 5.41) is 7.41. The van der Waals surface area contributed by atoms with Gasteiger partial charge < -0.3 is 14.6 Å². The summed E-state index contributed by atoms with van der Waals surface area (Å²) in [4.78, 5) is 37.2. The second kappa shape index (κ2) is 10.6. The Balaban J connectivity index is 1.45. The van der Waals surface area contributed by atoms with Crippen LogP contribution in [0.5, 0.6) is 5.75 Å². The maximum absolute atomic E-state index is 12.8. The molecule has 0 fully saturated rings. The van der Waals surface area contributed by atoms with E-state index in [-0.39, 0.29) is 36.5 Å². The first-order valence-corrected chi connectivity index (χ1v) is 10.9. The number of benzene rings is 2. The third kappa shape index (κ3) is 5.79. The van der Waals surface area contributed by atoms with Gasteiger partial charge in [0, 0.05) is 23.4 Å². The molecule has 4 rings (SSSR count). The van der Waals surface area contributed by atoms with Crippen molar-refractivity contribution in [3.63, 3.8) is 0 Å². The summed E-state index contributed by atoms with van der Waals surface area (Å²) in [6.45, 7) is 0.652. The van der Waals surface area contributed by atoms with E-state index in [0.29, 0.717) is 16.5 Å². The highest BCUT2D eigenvalue weighted by atomic mass is 35.5. The molecule has 0 saturated carbocycles. The third-order valence-corrected chi connectivity index (χ3v) is 5.32. The Hall–Kier alpha value is -4.17. The van der Waals surface area contributed by atoms with Crippen LogP contribution in [0.3, 0.4) is 0 Å². The van der Waals surface area contributed by atoms with Crippen LogP contribution in [0.25, 0.3) is 0 Å². The summed E-state index contributed by atoms with van der Waals surface area (Å²) in [6, 6.07) is 21.9. The minimum absolute atomic E-state index is 0.0585. The average Bonchev–Trinajstić information content (AvgIpc) is 2.84. The zero-order chi connectivity index (χ0) is 23.9. The van der Waals surface area contributed by atoms with Gasteiger partial charge in [-0.25, -0.2) is 4.68 Å². The first kappa shape index (κ1) is 23.0. The highest BCUT2D eigenvalue weighted by molar-refractivity contribution is 6.31. The number of rotatable bonds is 8. The largest absolute Gasteiger partial charge is 0.492 e. The number of nitrogens with one attached hydrogen (secondary N) is 1. The van der Waals surface area contributed by atoms with E-state index in [2.05, 4.69) is 10.4 Å². The van der Waals surface area contributed by atoms with Gasteiger partial charge in [-0.05, 0) is 35.9 Å². The maximum Gasteiger partial charge on any atom is 0.276 e. The number of nitrogens with zero attached hydrogens (tertiary/aromatic N) is 3. The topological polar surface area (TPSA) is 95.2 Å². The number of aromatic nitrogens is 3. The molecule has 4 aromatic rings. The van der Waals surface area contributed by atoms with E-state index in [0.717, 1.165) is 5.56 Å². The summed E-state index contributed by atoms with van der Waals surface area (Å²) in [7, 11) is 0. The summed E-state index contributed by atoms with van der Waals surface area (Å²) in [6.07, 6.45) is 1.54. The Bertz CT molecular complexity index is 1420. The van der Waals surface area contributed by atoms with Crippen molar-refractivity contribution in [3.8, 4) is 5.75 Å². The van der Waals surface area contributed by atoms with Gasteiger partial charge in [-0.2, -0.15) is 5.10 Å². The van der Waals surface area contributed by atoms with Crippen LogP contribution >= 0.6 is 11.6 Å². The van der Waals surface area contributed by atoms with Gasteiger partial charge in [0.2, 0.25) is 0 Å². The SMILES string of the molecule is O=C(Nc1ccc(=O)n(Cc2ccccc2Cl)c1)c1ccc(=O)n(CCOc2ccccc2)n1. The van der Waals surface area contributed by atoms with Crippen molar-refractivity contribution < 1.29 is 9.53 Å². The molecular formula is C25H21ClN4O4. The van der Waals surface area contributed by atoms with E-state index < -0.39 is 5.91 Å². The number of halogens is 1. The minimum Gasteiger partial charge on any atom is -0.492 e. The molecule has 0 bridgehead atoms. The molecule has 0 unspecified atom stereocenters. The third-order valence-electron chi connectivity index (χ3n) is 4.95. The summed E-state index contributed by atoms with van der Waals surface area (Å²) in [5.74, 6) is 0.164. The molecule has 9 heteroatoms. The molecule has 8 nitrogen and oxygen atoms in total. The van der Waals surface area contributed by atoms with Gasteiger partial charge >= 0.3 is 0 Å². The molecule has 2 aromatic carbocycles. The lowest BCUT2D eigenvalue weighted by Gasteiger charge is -2.11. The standard InChI is InChI=1S/C25H21ClN4O4/c26-21-9-5-4-6-18(21)16-29-17-19(10-12-23(29)31)27-25(33)22-11-13-24(32)30(28-22)14-15-34-20-7-2-1-3-8-20/h1-13,17H,14-16H2,(H,27,33). The van der Waals surface area contributed by atoms with Crippen LogP contribution in [-0.2, 0) is 13.1 Å². The Kier molecular flexibility index (Phi) is 7.19. The van der Waals surface area contributed by atoms with Crippen molar-refractivity contribution >= 4 is 23.2 Å². The van der Waals surface area contributed by atoms with E-state index >= 15 is 0 Å². The average molecular weight is 477 g/mol. The van der Waals surface area contributed by atoms with Crippen LogP contribution in [0.15, 0.2) is 94.6 Å². The zero-order valence-corrected chi connectivity index (χ0v) is 18.8. The number of hydrogen-bond acceptors (Lipinski definition) is 5. The Morgan fingerprint density at radius 2 is 1.65 bits per heavy atom. The lowest BCUT2D eigenvalue weighted by Crippen LogP contribution is -2.28. The molecule has 0 saturated heterocycles. The number of para-hydroxylation sites is 1. The molecule has 34 heavy (non-hydrogen) atoms. The van der Waals surface area contributed by atoms with E-state index in [1.807, 2.05) is 48.5 Å². The molecule has 0 aliphatic rings. The number of pyridine rings is 1. The first-order chi connectivity index (χ1) is 16.5. The lowest BCUT2D eigenvalue weighted by atomic mass is 10.2. The molecule has 172 valence electrons. The fraction of sp³-hybridized carbons (Fsp3) is 0.120. The summed E-state index contributed by atoms with van der Waals surface area (Å²) >= 11 is 6.20. The lowest BCUT2D eigenvalue weighted by molar-refractivity contribution is 0.101. The van der Waals surface area contributed by atoms with Crippen LogP contribution < -0.4 is 21.2 Å². The Morgan fingerprint density at radius 1 is 0.912 bits per heavy atom. The maximum atomic E-state index is 12.8. The van der Waals surface area contributed by atoms with Gasteiger partial charge in [-0.15, -0.1) is 0 Å². The highest BCUT2D eigenvalue weighted by Gasteiger charge is 2.12. The van der Waals surface area contributed by atoms with Crippen LogP contribution in [0, 0.1) is 0 Å². The van der Waals surface area contributed by atoms with Crippen molar-refractivity contribution in [1.82, 2.24) is 14.3 Å². The molecule has 0 atom stereocenters. The number of amides is 1. The second-order valence-electron chi connectivity index (χ2n) is 7.37. The van der Waals surface area contributed by atoms with E-state index in [4.69, 9.17) is 16.3 Å². The van der Waals surface area contributed by atoms with Gasteiger partial charge in [-0.3, -0.25) is 14.4 Å². The first-order valence-electron chi connectivity index (χ1n) is 10.5. The van der Waals surface area contributed by atoms with E-state index in [1.165, 1.54) is 39.7 Å². The van der Waals surface area contributed by atoms with Gasteiger partial charge in [-0.1, -0.05) is 48.0 Å². The Labute approximate surface area is 200 Å². The van der Waals surface area contributed by atoms with Crippen LogP contribution in [0.1, 0.15) is 16.1 Å². The number of hydrogen-bond donors (Lipinski definition) is 1. The molecule has 1 amide bonds. The predicted octanol–water partition coefficient (Wildman–Crippen LogP) is 3.44. The fourth-order valence-corrected chi connectivity index (χ4v) is 3.43. The van der Waals surface area contributed by atoms with E-state index in [1.54, 1.807) is 6.07 Å². The Morgan fingerprint density at radius 3 is 2.44 bits per heavy atom. The molecule has 0 radical (unpaired) electrons. The molecule has 0 aliphatic heterocycles. The molecule has 0 aliphatic carbocycles. The quantitative estimate of drug-likeness (QED) is 0.420. The van der Waals surface area contributed by atoms with Crippen LogP contribution in [-0.4, -0.2) is 26.9 Å². The summed E-state index contributed by atoms with van der Waals surface area (Å²) in [5.41, 5.74) is 0.664. The molecule has 2 heterocycles. The van der Waals surface area contributed by atoms with Crippen molar-refractivity contribution in [2.24, 2.45) is 0 Å². The zero-order valence-electron chi connectivity index (χ0n) is 18.1. The monoisotopic (exact) mass is 476 g/mol. The van der Waals surface area contributed by atoms with Crippen molar-refractivity contribution in [1.29, 1.82) is 0 Å².